The van der Waals surface area contributed by atoms with Gasteiger partial charge in [0.2, 0.25) is 5.91 Å². The Morgan fingerprint density at radius 1 is 0.820 bits per heavy atom. The average molecular weight is 748 g/mol. The van der Waals surface area contributed by atoms with E-state index in [0.717, 1.165) is 32.1 Å². The largest absolute Gasteiger partial charge is 0.469 e. The molecule has 0 unspecified atom stereocenters. The number of carbonyl (C=O) groups excluding carboxylic acids is 2. The molecule has 1 amide bonds. The summed E-state index contributed by atoms with van der Waals surface area (Å²) >= 11 is 0. The molecule has 50 heavy (non-hydrogen) atoms. The van der Waals surface area contributed by atoms with Gasteiger partial charge in [0.25, 0.3) is 0 Å². The van der Waals surface area contributed by atoms with E-state index in [2.05, 4.69) is 14.2 Å². The van der Waals surface area contributed by atoms with E-state index >= 15 is 0 Å². The molecule has 3 aliphatic heterocycles. The van der Waals surface area contributed by atoms with Crippen molar-refractivity contribution in [2.75, 3.05) is 20.3 Å². The number of ether oxygens (including phenoxy) is 7. The van der Waals surface area contributed by atoms with Crippen LogP contribution in [0.15, 0.2) is 0 Å². The van der Waals surface area contributed by atoms with E-state index in [9.17, 15) is 48.1 Å². The van der Waals surface area contributed by atoms with Gasteiger partial charge < -0.3 is 64.0 Å². The maximum Gasteiger partial charge on any atom is 0.397 e. The first-order valence-electron chi connectivity index (χ1n) is 16.8. The second kappa shape index (κ2) is 20.0. The fraction of sp³-hybridized carbons (Fsp3) is 0.933. The predicted molar refractivity (Wildman–Crippen MR) is 167 cm³/mol. The third-order valence-electron chi connectivity index (χ3n) is 8.71. The van der Waals surface area contributed by atoms with Crippen molar-refractivity contribution in [2.24, 2.45) is 0 Å². The van der Waals surface area contributed by atoms with Gasteiger partial charge in [0.15, 0.2) is 18.9 Å². The van der Waals surface area contributed by atoms with Gasteiger partial charge in [-0.2, -0.15) is 8.42 Å². The lowest BCUT2D eigenvalue weighted by Crippen LogP contribution is -2.69. The molecule has 0 bridgehead atoms. The van der Waals surface area contributed by atoms with Gasteiger partial charge in [0.05, 0.1) is 25.9 Å². The Balaban J connectivity index is 1.82. The van der Waals surface area contributed by atoms with Gasteiger partial charge in [-0.05, 0) is 26.7 Å². The third kappa shape index (κ3) is 12.5. The van der Waals surface area contributed by atoms with E-state index in [4.69, 9.17) is 28.4 Å². The zero-order valence-electron chi connectivity index (χ0n) is 28.6. The van der Waals surface area contributed by atoms with Crippen LogP contribution in [0.1, 0.15) is 72.1 Å². The molecule has 20 heteroatoms. The molecule has 0 aromatic heterocycles. The van der Waals surface area contributed by atoms with Crippen LogP contribution in [0.3, 0.4) is 0 Å². The SMILES string of the molecule is COC(=O)CCCCCCCCO[C@@H]1O[C@H](CO)[C@@H](O[C@@H]2O[C@H](C)C[C@H](OS(=O)(=O)O)[C@H]2O)[C@H](O[C@@H]2O[C@@H](C)[C@@H](O)[C@@H](O)[C@@H]2O)[C@H]1NC(C)=O. The minimum Gasteiger partial charge on any atom is -0.469 e. The summed E-state index contributed by atoms with van der Waals surface area (Å²) in [6.07, 6.45) is -13.8. The predicted octanol–water partition coefficient (Wildman–Crippen LogP) is -1.59. The van der Waals surface area contributed by atoms with Gasteiger partial charge in [-0.3, -0.25) is 14.1 Å². The monoisotopic (exact) mass is 747 g/mol. The highest BCUT2D eigenvalue weighted by Gasteiger charge is 2.54. The first-order valence-corrected chi connectivity index (χ1v) is 18.1. The first kappa shape index (κ1) is 42.8. The van der Waals surface area contributed by atoms with Crippen LogP contribution in [-0.2, 0) is 57.3 Å². The molecule has 292 valence electrons. The van der Waals surface area contributed by atoms with Crippen LogP contribution in [-0.4, -0.2) is 157 Å². The molecule has 3 fully saturated rings. The summed E-state index contributed by atoms with van der Waals surface area (Å²) in [7, 11) is -3.64. The molecule has 3 saturated heterocycles. The van der Waals surface area contributed by atoms with E-state index in [1.54, 1.807) is 0 Å². The highest BCUT2D eigenvalue weighted by Crippen LogP contribution is 2.34. The van der Waals surface area contributed by atoms with Gasteiger partial charge >= 0.3 is 16.4 Å². The van der Waals surface area contributed by atoms with Crippen LogP contribution >= 0.6 is 0 Å². The van der Waals surface area contributed by atoms with E-state index in [-0.39, 0.29) is 19.0 Å². The number of methoxy groups -OCH3 is 1. The van der Waals surface area contributed by atoms with Crippen LogP contribution in [0.5, 0.6) is 0 Å². The highest BCUT2D eigenvalue weighted by molar-refractivity contribution is 7.80. The molecule has 0 spiro atoms. The molecule has 3 rings (SSSR count). The number of aliphatic hydroxyl groups excluding tert-OH is 5. The van der Waals surface area contributed by atoms with Crippen LogP contribution in [0.4, 0.5) is 0 Å². The second-order valence-electron chi connectivity index (χ2n) is 12.8. The van der Waals surface area contributed by atoms with Crippen molar-refractivity contribution in [3.63, 3.8) is 0 Å². The molecule has 3 heterocycles. The van der Waals surface area contributed by atoms with Gasteiger partial charge in [-0.25, -0.2) is 4.18 Å². The van der Waals surface area contributed by atoms with Crippen molar-refractivity contribution < 1.29 is 85.4 Å². The summed E-state index contributed by atoms with van der Waals surface area (Å²) < 4.78 is 77.1. The molecule has 0 radical (unpaired) electrons. The molecule has 0 aromatic rings. The molecular formula is C30H53NO18S. The molecule has 3 aliphatic rings. The third-order valence-corrected chi connectivity index (χ3v) is 9.20. The lowest BCUT2D eigenvalue weighted by molar-refractivity contribution is -0.366. The van der Waals surface area contributed by atoms with Crippen molar-refractivity contribution in [1.82, 2.24) is 5.32 Å². The number of carbonyl (C=O) groups is 2. The summed E-state index contributed by atoms with van der Waals surface area (Å²) in [4.78, 5) is 23.7. The van der Waals surface area contributed by atoms with Crippen molar-refractivity contribution in [1.29, 1.82) is 0 Å². The zero-order chi connectivity index (χ0) is 37.2. The van der Waals surface area contributed by atoms with E-state index in [1.165, 1.54) is 27.9 Å². The lowest BCUT2D eigenvalue weighted by Gasteiger charge is -2.49. The van der Waals surface area contributed by atoms with Crippen molar-refractivity contribution in [3.8, 4) is 0 Å². The molecule has 0 saturated carbocycles. The number of rotatable bonds is 18. The van der Waals surface area contributed by atoms with Crippen LogP contribution in [0.25, 0.3) is 0 Å². The maximum absolute atomic E-state index is 12.5. The molecule has 0 aliphatic carbocycles. The number of nitrogens with one attached hydrogen (secondary N) is 1. The van der Waals surface area contributed by atoms with Gasteiger partial charge in [-0.1, -0.05) is 25.7 Å². The van der Waals surface area contributed by atoms with E-state index < -0.39 is 109 Å². The van der Waals surface area contributed by atoms with Gasteiger partial charge in [-0.15, -0.1) is 0 Å². The summed E-state index contributed by atoms with van der Waals surface area (Å²) in [6, 6.07) is -1.23. The minimum atomic E-state index is -4.99. The Hall–Kier alpha value is -1.63. The quantitative estimate of drug-likeness (QED) is 0.0473. The Morgan fingerprint density at radius 3 is 2.06 bits per heavy atom. The standard InChI is InChI=1S/C30H53NO18S/c1-15-13-18(49-50(39,40)41)23(36)29(44-15)47-26-19(14-32)46-28(43-12-10-8-6-5-7-9-11-20(34)42-4)21(31-17(3)33)27(26)48-30-25(38)24(37)22(35)16(2)45-30/h15-16,18-19,21-30,32,35-38H,5-14H2,1-4H3,(H,31,33)(H,39,40,41)/t15-,16+,18+,19-,21-,22-,23-,24-,25+,26-,27-,28-,29+,30+/m1/s1. The number of hydrogen-bond acceptors (Lipinski definition) is 17. The Kier molecular flexibility index (Phi) is 17.1. The summed E-state index contributed by atoms with van der Waals surface area (Å²) in [5, 5.41) is 55.5. The first-order chi connectivity index (χ1) is 23.6. The number of unbranched alkanes of at least 4 members (excludes halogenated alkanes) is 5. The van der Waals surface area contributed by atoms with Gasteiger partial charge in [0, 0.05) is 26.4 Å². The van der Waals surface area contributed by atoms with Crippen molar-refractivity contribution in [2.45, 2.75) is 158 Å². The number of aliphatic hydroxyl groups is 5. The van der Waals surface area contributed by atoms with Crippen molar-refractivity contribution in [3.05, 3.63) is 0 Å². The summed E-state index contributed by atoms with van der Waals surface area (Å²) in [5.41, 5.74) is 0. The molecule has 7 N–H and O–H groups in total. The Morgan fingerprint density at radius 2 is 1.44 bits per heavy atom. The Bertz CT molecular complexity index is 1160. The number of esters is 1. The van der Waals surface area contributed by atoms with E-state index in [0.29, 0.717) is 12.8 Å². The molecule has 14 atom stereocenters. The van der Waals surface area contributed by atoms with Crippen molar-refractivity contribution >= 4 is 22.3 Å². The average Bonchev–Trinajstić information content (AvgIpc) is 3.04. The van der Waals surface area contributed by atoms with Crippen LogP contribution < -0.4 is 5.32 Å². The fourth-order valence-electron chi connectivity index (χ4n) is 6.09. The maximum atomic E-state index is 12.5. The smallest absolute Gasteiger partial charge is 0.397 e. The number of hydrogen-bond donors (Lipinski definition) is 7. The lowest BCUT2D eigenvalue weighted by atomic mass is 9.94. The molecular weight excluding hydrogens is 694 g/mol. The zero-order valence-corrected chi connectivity index (χ0v) is 29.5. The topological polar surface area (TPSA) is 276 Å². The van der Waals surface area contributed by atoms with E-state index in [1.807, 2.05) is 0 Å². The fourth-order valence-corrected chi connectivity index (χ4v) is 6.60. The Labute approximate surface area is 291 Å². The second-order valence-corrected chi connectivity index (χ2v) is 13.8. The number of amides is 1. The highest BCUT2D eigenvalue weighted by atomic mass is 32.3. The summed E-state index contributed by atoms with van der Waals surface area (Å²) in [5.74, 6) is -0.817. The van der Waals surface area contributed by atoms with Crippen LogP contribution in [0, 0.1) is 0 Å². The normalized spacial score (nSPS) is 38.0. The minimum absolute atomic E-state index is 0.149. The van der Waals surface area contributed by atoms with Crippen LogP contribution in [0.2, 0.25) is 0 Å². The molecule has 19 nitrogen and oxygen atoms in total. The summed E-state index contributed by atoms with van der Waals surface area (Å²) in [6.45, 7) is 3.61. The molecule has 0 aromatic carbocycles. The van der Waals surface area contributed by atoms with Gasteiger partial charge in [0.1, 0.15) is 54.9 Å².